The highest BCUT2D eigenvalue weighted by atomic mass is 28.3. The number of hydrogen-bond acceptors (Lipinski definition) is 3. The van der Waals surface area contributed by atoms with Crippen LogP contribution in [0.25, 0.3) is 0 Å². The van der Waals surface area contributed by atoms with E-state index in [1.54, 1.807) is 0 Å². The summed E-state index contributed by atoms with van der Waals surface area (Å²) in [6.07, 6.45) is 1.13. The van der Waals surface area contributed by atoms with Crippen LogP contribution >= 0.6 is 0 Å². The van der Waals surface area contributed by atoms with E-state index in [4.69, 9.17) is 10.5 Å². The molecule has 0 unspecified atom stereocenters. The van der Waals surface area contributed by atoms with Gasteiger partial charge in [0, 0.05) is 25.9 Å². The largest absolute Gasteiger partial charge is 0.322 e. The molecule has 0 spiro atoms. The number of nitriles is 2. The fourth-order valence-electron chi connectivity index (χ4n) is 1.15. The molecule has 0 bridgehead atoms. The topological polar surface area (TPSA) is 50.8 Å². The average molecular weight is 195 g/mol. The Kier molecular flexibility index (Phi) is 5.37. The fourth-order valence-corrected chi connectivity index (χ4v) is 2.72. The Morgan fingerprint density at radius 2 is 1.38 bits per heavy atom. The summed E-state index contributed by atoms with van der Waals surface area (Å²) in [7, 11) is -1.33. The molecule has 0 atom stereocenters. The van der Waals surface area contributed by atoms with Gasteiger partial charge >= 0.3 is 0 Å². The minimum Gasteiger partial charge on any atom is -0.322 e. The van der Waals surface area contributed by atoms with Crippen LogP contribution in [0.4, 0.5) is 0 Å². The lowest BCUT2D eigenvalue weighted by Gasteiger charge is -2.32. The Hall–Kier alpha value is -0.843. The van der Waals surface area contributed by atoms with Gasteiger partial charge in [-0.3, -0.25) is 0 Å². The second kappa shape index (κ2) is 5.74. The first-order chi connectivity index (χ1) is 6.02. The molecule has 13 heavy (non-hydrogen) atoms. The van der Waals surface area contributed by atoms with Crippen molar-refractivity contribution in [3.63, 3.8) is 0 Å². The summed E-state index contributed by atoms with van der Waals surface area (Å²) in [5, 5.41) is 17.0. The monoisotopic (exact) mass is 195 g/mol. The van der Waals surface area contributed by atoms with Crippen LogP contribution in [0.1, 0.15) is 12.8 Å². The van der Waals surface area contributed by atoms with Gasteiger partial charge in [0.25, 0.3) is 0 Å². The van der Waals surface area contributed by atoms with E-state index >= 15 is 0 Å². The maximum absolute atomic E-state index is 8.48. The molecule has 0 rings (SSSR count). The smallest absolute Gasteiger partial charge is 0.119 e. The van der Waals surface area contributed by atoms with Crippen molar-refractivity contribution >= 4 is 8.24 Å². The Balaban J connectivity index is 4.06. The van der Waals surface area contributed by atoms with Crippen molar-refractivity contribution in [2.45, 2.75) is 32.5 Å². The zero-order valence-electron chi connectivity index (χ0n) is 8.67. The van der Waals surface area contributed by atoms with E-state index in [-0.39, 0.29) is 0 Å². The molecular formula is C9H17N3Si. The van der Waals surface area contributed by atoms with E-state index in [0.717, 1.165) is 13.1 Å². The number of nitrogens with zero attached hydrogens (tertiary/aromatic N) is 3. The number of hydrogen-bond donors (Lipinski definition) is 0. The van der Waals surface area contributed by atoms with Gasteiger partial charge in [-0.05, 0) is 0 Å². The molecule has 0 aliphatic carbocycles. The Bertz CT molecular complexity index is 200. The molecule has 72 valence electrons. The van der Waals surface area contributed by atoms with E-state index in [9.17, 15) is 0 Å². The van der Waals surface area contributed by atoms with Gasteiger partial charge in [0.1, 0.15) is 8.24 Å². The molecule has 0 aliphatic rings. The van der Waals surface area contributed by atoms with Gasteiger partial charge < -0.3 is 4.57 Å². The predicted octanol–water partition coefficient (Wildman–Crippen LogP) is 1.95. The Labute approximate surface area is 81.7 Å². The second-order valence-electron chi connectivity index (χ2n) is 3.97. The first-order valence-corrected chi connectivity index (χ1v) is 7.96. The third-order valence-electron chi connectivity index (χ3n) is 1.94. The summed E-state index contributed by atoms with van der Waals surface area (Å²) >= 11 is 0. The lowest BCUT2D eigenvalue weighted by atomic mass is 10.4. The maximum Gasteiger partial charge on any atom is 0.119 e. The van der Waals surface area contributed by atoms with Crippen molar-refractivity contribution in [1.82, 2.24) is 4.57 Å². The highest BCUT2D eigenvalue weighted by Gasteiger charge is 2.22. The molecule has 0 saturated heterocycles. The van der Waals surface area contributed by atoms with Crippen LogP contribution in [0.15, 0.2) is 0 Å². The van der Waals surface area contributed by atoms with Crippen molar-refractivity contribution in [1.29, 1.82) is 10.5 Å². The van der Waals surface area contributed by atoms with Crippen LogP contribution < -0.4 is 0 Å². The maximum atomic E-state index is 8.48. The molecule has 0 fully saturated rings. The van der Waals surface area contributed by atoms with Gasteiger partial charge in [0.2, 0.25) is 0 Å². The molecule has 0 aromatic rings. The minimum absolute atomic E-state index is 0.565. The van der Waals surface area contributed by atoms with Crippen LogP contribution in [0.3, 0.4) is 0 Å². The van der Waals surface area contributed by atoms with Crippen LogP contribution in [-0.2, 0) is 0 Å². The zero-order chi connectivity index (χ0) is 10.3. The fraction of sp³-hybridized carbons (Fsp3) is 0.778. The number of rotatable bonds is 5. The van der Waals surface area contributed by atoms with Crippen molar-refractivity contribution < 1.29 is 0 Å². The van der Waals surface area contributed by atoms with E-state index < -0.39 is 8.24 Å². The summed E-state index contributed by atoms with van der Waals surface area (Å²) in [6.45, 7) is 8.34. The van der Waals surface area contributed by atoms with Crippen LogP contribution in [0.2, 0.25) is 19.6 Å². The molecular weight excluding hydrogens is 178 g/mol. The molecule has 0 saturated carbocycles. The van der Waals surface area contributed by atoms with E-state index in [1.807, 2.05) is 0 Å². The van der Waals surface area contributed by atoms with Gasteiger partial charge in [0.15, 0.2) is 0 Å². The molecule has 0 N–H and O–H groups in total. The van der Waals surface area contributed by atoms with Gasteiger partial charge in [0.05, 0.1) is 12.1 Å². The molecule has 0 aromatic heterocycles. The standard InChI is InChI=1S/C9H17N3Si/c1-13(2,3)12(8-4-6-10)9-5-7-11/h4-5,8-9H2,1-3H3. The first-order valence-electron chi connectivity index (χ1n) is 4.51. The molecule has 0 aromatic carbocycles. The molecule has 0 heterocycles. The molecule has 0 amide bonds. The highest BCUT2D eigenvalue weighted by Crippen LogP contribution is 2.10. The van der Waals surface area contributed by atoms with Crippen LogP contribution in [-0.4, -0.2) is 25.9 Å². The van der Waals surface area contributed by atoms with Crippen molar-refractivity contribution in [3.05, 3.63) is 0 Å². The Morgan fingerprint density at radius 3 is 1.62 bits per heavy atom. The lowest BCUT2D eigenvalue weighted by molar-refractivity contribution is 0.441. The Morgan fingerprint density at radius 1 is 1.00 bits per heavy atom. The van der Waals surface area contributed by atoms with E-state index in [1.165, 1.54) is 0 Å². The predicted molar refractivity (Wildman–Crippen MR) is 55.4 cm³/mol. The van der Waals surface area contributed by atoms with Crippen molar-refractivity contribution in [3.8, 4) is 12.1 Å². The third kappa shape index (κ3) is 5.40. The average Bonchev–Trinajstić information content (AvgIpc) is 2.02. The molecule has 0 radical (unpaired) electrons. The van der Waals surface area contributed by atoms with Gasteiger partial charge in [-0.2, -0.15) is 10.5 Å². The quantitative estimate of drug-likeness (QED) is 0.630. The normalized spacial score (nSPS) is 10.9. The molecule has 4 heteroatoms. The van der Waals surface area contributed by atoms with Crippen molar-refractivity contribution in [2.75, 3.05) is 13.1 Å². The van der Waals surface area contributed by atoms with E-state index in [2.05, 4.69) is 36.3 Å². The summed E-state index contributed by atoms with van der Waals surface area (Å²) in [5.41, 5.74) is 0. The summed E-state index contributed by atoms with van der Waals surface area (Å²) in [4.78, 5) is 0. The van der Waals surface area contributed by atoms with Crippen LogP contribution in [0.5, 0.6) is 0 Å². The van der Waals surface area contributed by atoms with Gasteiger partial charge in [-0.1, -0.05) is 19.6 Å². The summed E-state index contributed by atoms with van der Waals surface area (Å²) in [6, 6.07) is 4.29. The second-order valence-corrected chi connectivity index (χ2v) is 8.95. The minimum atomic E-state index is -1.33. The summed E-state index contributed by atoms with van der Waals surface area (Å²) in [5.74, 6) is 0. The van der Waals surface area contributed by atoms with Gasteiger partial charge in [-0.15, -0.1) is 0 Å². The van der Waals surface area contributed by atoms with Crippen LogP contribution in [0, 0.1) is 22.7 Å². The van der Waals surface area contributed by atoms with E-state index in [0.29, 0.717) is 12.8 Å². The van der Waals surface area contributed by atoms with Gasteiger partial charge in [-0.25, -0.2) is 0 Å². The third-order valence-corrected chi connectivity index (χ3v) is 4.28. The highest BCUT2D eigenvalue weighted by molar-refractivity contribution is 6.73. The molecule has 3 nitrogen and oxygen atoms in total. The SMILES string of the molecule is C[Si](C)(C)N(CCC#N)CCC#N. The zero-order valence-corrected chi connectivity index (χ0v) is 9.67. The summed E-state index contributed by atoms with van der Waals surface area (Å²) < 4.78 is 2.30. The lowest BCUT2D eigenvalue weighted by Crippen LogP contribution is -2.46. The van der Waals surface area contributed by atoms with Crippen molar-refractivity contribution in [2.24, 2.45) is 0 Å². The first kappa shape index (κ1) is 12.2. The molecule has 0 aliphatic heterocycles.